The van der Waals surface area contributed by atoms with Gasteiger partial charge in [0.1, 0.15) is 31.4 Å². The zero-order valence-corrected chi connectivity index (χ0v) is 23.1. The molecule has 11 heteroatoms. The summed E-state index contributed by atoms with van der Waals surface area (Å²) in [4.78, 5) is 27.9. The summed E-state index contributed by atoms with van der Waals surface area (Å²) >= 11 is 7.82. The zero-order chi connectivity index (χ0) is 26.8. The van der Waals surface area contributed by atoms with Crippen molar-refractivity contribution >= 4 is 39.1 Å². The van der Waals surface area contributed by atoms with Crippen molar-refractivity contribution in [1.82, 2.24) is 19.9 Å². The topological polar surface area (TPSA) is 95.9 Å². The normalized spacial score (nSPS) is 13.5. The first-order valence-electron chi connectivity index (χ1n) is 12.1. The lowest BCUT2D eigenvalue weighted by Crippen LogP contribution is -2.21. The largest absolute Gasteiger partial charge is 0.489 e. The van der Waals surface area contributed by atoms with E-state index < -0.39 is 5.97 Å². The van der Waals surface area contributed by atoms with Gasteiger partial charge in [0.2, 0.25) is 11.8 Å². The molecule has 0 atom stereocenters. The van der Waals surface area contributed by atoms with Crippen LogP contribution in [-0.2, 0) is 11.3 Å². The Labute approximate surface area is 229 Å². The number of fused-ring (bicyclic) bond motifs is 2. The fraction of sp³-hybridized carbons (Fsp3) is 0.333. The number of hydrogen-bond acceptors (Lipinski definition) is 10. The van der Waals surface area contributed by atoms with Crippen LogP contribution in [0.5, 0.6) is 17.5 Å². The second kappa shape index (κ2) is 11.1. The highest BCUT2D eigenvalue weighted by atomic mass is 35.5. The SMILES string of the molecule is COC(=O)c1csc2c(-c3cc(Cl)ccc3OCCOc3nc(C)nc4c3CN(C)CCO4)cc(C)nc12. The highest BCUT2D eigenvalue weighted by Crippen LogP contribution is 2.40. The summed E-state index contributed by atoms with van der Waals surface area (Å²) in [5, 5.41) is 2.33. The zero-order valence-electron chi connectivity index (χ0n) is 21.5. The van der Waals surface area contributed by atoms with Crippen LogP contribution < -0.4 is 14.2 Å². The van der Waals surface area contributed by atoms with Gasteiger partial charge >= 0.3 is 5.97 Å². The van der Waals surface area contributed by atoms with Crippen molar-refractivity contribution in [3.8, 4) is 28.6 Å². The molecule has 0 unspecified atom stereocenters. The molecule has 0 saturated heterocycles. The van der Waals surface area contributed by atoms with E-state index >= 15 is 0 Å². The van der Waals surface area contributed by atoms with Gasteiger partial charge in [-0.05, 0) is 45.2 Å². The lowest BCUT2D eigenvalue weighted by atomic mass is 10.0. The van der Waals surface area contributed by atoms with E-state index in [1.807, 2.05) is 39.1 Å². The number of carbonyl (C=O) groups excluding carboxylic acids is 1. The van der Waals surface area contributed by atoms with Gasteiger partial charge in [0.25, 0.3) is 0 Å². The molecule has 0 radical (unpaired) electrons. The van der Waals surface area contributed by atoms with Crippen molar-refractivity contribution in [3.63, 3.8) is 0 Å². The molecule has 198 valence electrons. The number of carbonyl (C=O) groups is 1. The maximum Gasteiger partial charge on any atom is 0.340 e. The summed E-state index contributed by atoms with van der Waals surface area (Å²) in [7, 11) is 3.38. The van der Waals surface area contributed by atoms with E-state index in [1.54, 1.807) is 11.4 Å². The Kier molecular flexibility index (Phi) is 7.64. The summed E-state index contributed by atoms with van der Waals surface area (Å²) < 4.78 is 23.8. The minimum absolute atomic E-state index is 0.269. The van der Waals surface area contributed by atoms with Gasteiger partial charge in [-0.3, -0.25) is 9.88 Å². The molecule has 1 aromatic carbocycles. The molecule has 0 fully saturated rings. The monoisotopic (exact) mass is 554 g/mol. The van der Waals surface area contributed by atoms with E-state index in [0.717, 1.165) is 33.6 Å². The molecule has 3 aromatic heterocycles. The van der Waals surface area contributed by atoms with E-state index in [4.69, 9.17) is 30.5 Å². The molecule has 1 aliphatic rings. The molecule has 4 aromatic rings. The summed E-state index contributed by atoms with van der Waals surface area (Å²) in [6, 6.07) is 7.42. The Morgan fingerprint density at radius 3 is 2.76 bits per heavy atom. The van der Waals surface area contributed by atoms with Gasteiger partial charge in [0.15, 0.2) is 0 Å². The van der Waals surface area contributed by atoms with E-state index in [2.05, 4.69) is 19.9 Å². The number of thiophene rings is 1. The average Bonchev–Trinajstić information content (AvgIpc) is 3.22. The standard InChI is InChI=1S/C27H27ClN4O5S/c1-15-11-19(24-23(29-15)21(14-38-24)27(33)34-4)18-12-17(28)5-6-22(18)35-9-10-37-26-20-13-32(3)7-8-36-25(20)30-16(2)31-26/h5-6,11-12,14H,7-10,13H2,1-4H3. The first-order valence-corrected chi connectivity index (χ1v) is 13.3. The Morgan fingerprint density at radius 1 is 1.13 bits per heavy atom. The maximum atomic E-state index is 12.3. The molecular formula is C27H27ClN4O5S. The quantitative estimate of drug-likeness (QED) is 0.228. The van der Waals surface area contributed by atoms with E-state index in [-0.39, 0.29) is 13.2 Å². The minimum atomic E-state index is -0.422. The molecule has 1 aliphatic heterocycles. The first kappa shape index (κ1) is 26.1. The molecule has 0 bridgehead atoms. The third-order valence-electron chi connectivity index (χ3n) is 6.05. The number of halogens is 1. The Hall–Kier alpha value is -3.47. The van der Waals surface area contributed by atoms with Gasteiger partial charge in [-0.25, -0.2) is 4.79 Å². The molecule has 0 aliphatic carbocycles. The van der Waals surface area contributed by atoms with Crippen LogP contribution in [0, 0.1) is 13.8 Å². The smallest absolute Gasteiger partial charge is 0.340 e. The number of benzene rings is 1. The number of likely N-dealkylation sites (N-methyl/N-ethyl adjacent to an activating group) is 1. The fourth-order valence-corrected chi connectivity index (χ4v) is 5.47. The summed E-state index contributed by atoms with van der Waals surface area (Å²) in [5.74, 6) is 1.87. The van der Waals surface area contributed by atoms with Crippen LogP contribution >= 0.6 is 22.9 Å². The van der Waals surface area contributed by atoms with Gasteiger partial charge in [-0.2, -0.15) is 9.97 Å². The number of ether oxygens (including phenoxy) is 4. The van der Waals surface area contributed by atoms with Crippen LogP contribution in [-0.4, -0.2) is 66.3 Å². The third kappa shape index (κ3) is 5.38. The molecular weight excluding hydrogens is 528 g/mol. The number of aryl methyl sites for hydroxylation is 2. The summed E-state index contributed by atoms with van der Waals surface area (Å²) in [6.45, 7) is 6.24. The molecule has 4 heterocycles. The number of aromatic nitrogens is 3. The van der Waals surface area contributed by atoms with Crippen LogP contribution in [0.1, 0.15) is 27.4 Å². The number of nitrogens with zero attached hydrogens (tertiary/aromatic N) is 4. The third-order valence-corrected chi connectivity index (χ3v) is 7.29. The summed E-state index contributed by atoms with van der Waals surface area (Å²) in [5.41, 5.74) is 4.30. The van der Waals surface area contributed by atoms with Gasteiger partial charge in [0, 0.05) is 40.3 Å². The Bertz CT molecular complexity index is 1510. The molecule has 0 amide bonds. The van der Waals surface area contributed by atoms with Gasteiger partial charge < -0.3 is 18.9 Å². The lowest BCUT2D eigenvalue weighted by Gasteiger charge is -2.16. The highest BCUT2D eigenvalue weighted by Gasteiger charge is 2.22. The molecule has 5 rings (SSSR count). The summed E-state index contributed by atoms with van der Waals surface area (Å²) in [6.07, 6.45) is 0. The second-order valence-electron chi connectivity index (χ2n) is 8.91. The van der Waals surface area contributed by atoms with Crippen LogP contribution in [0.2, 0.25) is 5.02 Å². The molecule has 0 saturated carbocycles. The number of pyridine rings is 1. The van der Waals surface area contributed by atoms with Gasteiger partial charge in [-0.1, -0.05) is 11.6 Å². The Balaban J connectivity index is 1.39. The van der Waals surface area contributed by atoms with Crippen molar-refractivity contribution < 1.29 is 23.7 Å². The van der Waals surface area contributed by atoms with Gasteiger partial charge in [0.05, 0.1) is 28.5 Å². The fourth-order valence-electron chi connectivity index (χ4n) is 4.29. The van der Waals surface area contributed by atoms with Crippen molar-refractivity contribution in [2.75, 3.05) is 40.5 Å². The van der Waals surface area contributed by atoms with Crippen molar-refractivity contribution in [3.05, 3.63) is 57.3 Å². The van der Waals surface area contributed by atoms with Crippen molar-refractivity contribution in [2.45, 2.75) is 20.4 Å². The van der Waals surface area contributed by atoms with Crippen LogP contribution in [0.15, 0.2) is 29.6 Å². The molecule has 38 heavy (non-hydrogen) atoms. The molecule has 0 N–H and O–H groups in total. The van der Waals surface area contributed by atoms with E-state index in [0.29, 0.717) is 52.6 Å². The van der Waals surface area contributed by atoms with Gasteiger partial charge in [-0.15, -0.1) is 11.3 Å². The minimum Gasteiger partial charge on any atom is -0.489 e. The van der Waals surface area contributed by atoms with Crippen LogP contribution in [0.4, 0.5) is 0 Å². The number of hydrogen-bond donors (Lipinski definition) is 0. The molecule has 0 spiro atoms. The Morgan fingerprint density at radius 2 is 1.95 bits per heavy atom. The first-order chi connectivity index (χ1) is 18.3. The van der Waals surface area contributed by atoms with Crippen LogP contribution in [0.3, 0.4) is 0 Å². The highest BCUT2D eigenvalue weighted by molar-refractivity contribution is 7.18. The average molecular weight is 555 g/mol. The number of rotatable bonds is 7. The second-order valence-corrected chi connectivity index (χ2v) is 10.2. The van der Waals surface area contributed by atoms with Crippen LogP contribution in [0.25, 0.3) is 21.3 Å². The predicted octanol–water partition coefficient (Wildman–Crippen LogP) is 5.09. The van der Waals surface area contributed by atoms with Crippen molar-refractivity contribution in [2.24, 2.45) is 0 Å². The van der Waals surface area contributed by atoms with Crippen molar-refractivity contribution in [1.29, 1.82) is 0 Å². The lowest BCUT2D eigenvalue weighted by molar-refractivity contribution is 0.0603. The maximum absolute atomic E-state index is 12.3. The predicted molar refractivity (Wildman–Crippen MR) is 146 cm³/mol. The molecule has 9 nitrogen and oxygen atoms in total. The van der Waals surface area contributed by atoms with E-state index in [9.17, 15) is 4.79 Å². The number of esters is 1. The van der Waals surface area contributed by atoms with E-state index in [1.165, 1.54) is 18.4 Å². The number of methoxy groups -OCH3 is 1.